The fourth-order valence-corrected chi connectivity index (χ4v) is 5.28. The molecule has 0 heterocycles. The lowest BCUT2D eigenvalue weighted by molar-refractivity contribution is -0.138. The standard InChI is InChI=1S/C10H22O7.6C7H14O2/c11-1-9(2-12,3-13)7-17-8-10(4-14,5-15)6-16;6*1-2-3-4-5-6-7(8)9/h11-16H,1-8H2;6*2-6H2,1H3,(H,8,9). The molecule has 0 fully saturated rings. The van der Waals surface area contributed by atoms with E-state index in [0.29, 0.717) is 38.5 Å². The maximum absolute atomic E-state index is 9.96. The summed E-state index contributed by atoms with van der Waals surface area (Å²) >= 11 is 0. The third-order valence-corrected chi connectivity index (χ3v) is 10.3. The maximum Gasteiger partial charge on any atom is 0.303 e. The number of hydrogen-bond donors (Lipinski definition) is 12. The molecule has 0 aliphatic carbocycles. The number of ether oxygens (including phenoxy) is 1. The molecule has 71 heavy (non-hydrogen) atoms. The van der Waals surface area contributed by atoms with Crippen LogP contribution in [0.3, 0.4) is 0 Å². The predicted molar refractivity (Wildman–Crippen MR) is 277 cm³/mol. The number of rotatable bonds is 40. The van der Waals surface area contributed by atoms with E-state index >= 15 is 0 Å². The molecule has 428 valence electrons. The van der Waals surface area contributed by atoms with Gasteiger partial charge in [-0.05, 0) is 38.5 Å². The van der Waals surface area contributed by atoms with Gasteiger partial charge in [-0.15, -0.1) is 0 Å². The molecule has 0 aromatic rings. The molecule has 12 N–H and O–H groups in total. The minimum absolute atomic E-state index is 0.141. The minimum atomic E-state index is -1.16. The van der Waals surface area contributed by atoms with Gasteiger partial charge in [-0.2, -0.15) is 0 Å². The number of unbranched alkanes of at least 4 members (excludes halogenated alkanes) is 18. The monoisotopic (exact) mass is 1030 g/mol. The van der Waals surface area contributed by atoms with Crippen LogP contribution in [0, 0.1) is 10.8 Å². The number of carboxylic acids is 6. The molecule has 0 aromatic carbocycles. The fraction of sp³-hybridized carbons (Fsp3) is 0.885. The number of aliphatic hydroxyl groups is 6. The quantitative estimate of drug-likeness (QED) is 0.0254. The first-order chi connectivity index (χ1) is 33.7. The van der Waals surface area contributed by atoms with Gasteiger partial charge < -0.3 is 66.0 Å². The van der Waals surface area contributed by atoms with Crippen LogP contribution >= 0.6 is 0 Å². The van der Waals surface area contributed by atoms with Crippen LogP contribution in [0.25, 0.3) is 0 Å². The fourth-order valence-electron chi connectivity index (χ4n) is 5.28. The summed E-state index contributed by atoms with van der Waals surface area (Å²) in [4.78, 5) is 59.8. The van der Waals surface area contributed by atoms with Crippen molar-refractivity contribution in [2.45, 2.75) is 234 Å². The molecule has 0 aliphatic rings. The predicted octanol–water partition coefficient (Wildman–Crippen LogP) is 9.18. The van der Waals surface area contributed by atoms with Crippen LogP contribution in [0.1, 0.15) is 234 Å². The van der Waals surface area contributed by atoms with Crippen molar-refractivity contribution >= 4 is 35.8 Å². The van der Waals surface area contributed by atoms with E-state index in [1.807, 2.05) is 0 Å². The van der Waals surface area contributed by atoms with Crippen LogP contribution in [-0.2, 0) is 33.5 Å². The zero-order chi connectivity index (χ0) is 56.0. The average Bonchev–Trinajstić information content (AvgIpc) is 3.34. The van der Waals surface area contributed by atoms with E-state index in [1.54, 1.807) is 0 Å². The largest absolute Gasteiger partial charge is 0.481 e. The Bertz CT molecular complexity index is 937. The van der Waals surface area contributed by atoms with Crippen molar-refractivity contribution in [3.63, 3.8) is 0 Å². The first-order valence-electron chi connectivity index (χ1n) is 26.2. The summed E-state index contributed by atoms with van der Waals surface area (Å²) in [5.74, 6) is -4.05. The zero-order valence-electron chi connectivity index (χ0n) is 45.1. The Hall–Kier alpha value is -3.46. The normalized spacial score (nSPS) is 10.3. The van der Waals surface area contributed by atoms with Crippen LogP contribution in [0.5, 0.6) is 0 Å². The van der Waals surface area contributed by atoms with Crippen molar-refractivity contribution in [3.05, 3.63) is 0 Å². The summed E-state index contributed by atoms with van der Waals surface area (Å²) in [6.45, 7) is 9.67. The summed E-state index contributed by atoms with van der Waals surface area (Å²) < 4.78 is 5.15. The summed E-state index contributed by atoms with van der Waals surface area (Å²) in [5, 5.41) is 103. The summed E-state index contributed by atoms with van der Waals surface area (Å²) in [6.07, 6.45) is 27.3. The second-order valence-corrected chi connectivity index (χ2v) is 17.7. The second kappa shape index (κ2) is 66.5. The number of aliphatic hydroxyl groups excluding tert-OH is 6. The number of hydrogen-bond acceptors (Lipinski definition) is 13. The Morgan fingerprint density at radius 2 is 0.408 bits per heavy atom. The van der Waals surface area contributed by atoms with Gasteiger partial charge in [-0.3, -0.25) is 28.8 Å². The van der Waals surface area contributed by atoms with E-state index in [0.717, 1.165) is 116 Å². The first kappa shape index (κ1) is 81.6. The van der Waals surface area contributed by atoms with E-state index in [4.69, 9.17) is 66.0 Å². The Kier molecular flexibility index (Phi) is 76.5. The molecule has 0 unspecified atom stereocenters. The third-order valence-electron chi connectivity index (χ3n) is 10.3. The molecular formula is C52H106O19. The number of carboxylic acid groups (broad SMARTS) is 6. The molecule has 0 saturated heterocycles. The second-order valence-electron chi connectivity index (χ2n) is 17.7. The van der Waals surface area contributed by atoms with Crippen molar-refractivity contribution < 1.29 is 94.8 Å². The summed E-state index contributed by atoms with van der Waals surface area (Å²) in [5.41, 5.74) is -2.32. The SMILES string of the molecule is CCCCCCC(=O)O.CCCCCCC(=O)O.CCCCCCC(=O)O.CCCCCCC(=O)O.CCCCCCC(=O)O.CCCCCCC(=O)O.OCC(CO)(CO)COCC(CO)(CO)CO. The van der Waals surface area contributed by atoms with Gasteiger partial charge >= 0.3 is 35.8 Å². The van der Waals surface area contributed by atoms with Gasteiger partial charge in [0, 0.05) is 38.5 Å². The molecule has 0 saturated carbocycles. The lowest BCUT2D eigenvalue weighted by Crippen LogP contribution is -2.43. The van der Waals surface area contributed by atoms with Gasteiger partial charge in [-0.25, -0.2) is 0 Å². The molecule has 0 bridgehead atoms. The van der Waals surface area contributed by atoms with Crippen LogP contribution in [0.15, 0.2) is 0 Å². The van der Waals surface area contributed by atoms with Gasteiger partial charge in [0.05, 0.1) is 63.7 Å². The average molecular weight is 1040 g/mol. The molecule has 19 heteroatoms. The Morgan fingerprint density at radius 1 is 0.268 bits per heavy atom. The van der Waals surface area contributed by atoms with Gasteiger partial charge in [0.25, 0.3) is 0 Å². The van der Waals surface area contributed by atoms with E-state index in [9.17, 15) is 28.8 Å². The summed E-state index contributed by atoms with van der Waals surface area (Å²) in [6, 6.07) is 0. The van der Waals surface area contributed by atoms with Crippen LogP contribution in [0.2, 0.25) is 0 Å². The molecule has 0 spiro atoms. The molecule has 0 atom stereocenters. The van der Waals surface area contributed by atoms with Crippen LogP contribution in [0.4, 0.5) is 0 Å². The minimum Gasteiger partial charge on any atom is -0.481 e. The highest BCUT2D eigenvalue weighted by atomic mass is 16.5. The van der Waals surface area contributed by atoms with Gasteiger partial charge in [-0.1, -0.05) is 157 Å². The van der Waals surface area contributed by atoms with Crippen molar-refractivity contribution in [3.8, 4) is 0 Å². The third kappa shape index (κ3) is 80.9. The maximum atomic E-state index is 9.96. The van der Waals surface area contributed by atoms with Gasteiger partial charge in [0.15, 0.2) is 0 Å². The molecule has 0 amide bonds. The van der Waals surface area contributed by atoms with Crippen molar-refractivity contribution in [2.24, 2.45) is 10.8 Å². The van der Waals surface area contributed by atoms with E-state index in [-0.39, 0.29) is 13.2 Å². The van der Waals surface area contributed by atoms with Crippen molar-refractivity contribution in [1.29, 1.82) is 0 Å². The topological polar surface area (TPSA) is 354 Å². The van der Waals surface area contributed by atoms with Crippen molar-refractivity contribution in [2.75, 3.05) is 52.9 Å². The molecule has 0 aromatic heterocycles. The molecule has 0 aliphatic heterocycles. The molecule has 0 radical (unpaired) electrons. The number of carbonyl (C=O) groups is 6. The lowest BCUT2D eigenvalue weighted by Gasteiger charge is -2.31. The van der Waals surface area contributed by atoms with E-state index < -0.39 is 86.3 Å². The molecule has 0 rings (SSSR count). The van der Waals surface area contributed by atoms with Gasteiger partial charge in [0.2, 0.25) is 0 Å². The van der Waals surface area contributed by atoms with Crippen molar-refractivity contribution in [1.82, 2.24) is 0 Å². The zero-order valence-corrected chi connectivity index (χ0v) is 45.1. The molecule has 19 nitrogen and oxygen atoms in total. The number of aliphatic carboxylic acids is 6. The smallest absolute Gasteiger partial charge is 0.303 e. The van der Waals surface area contributed by atoms with Crippen LogP contribution in [-0.4, -0.2) is 150 Å². The van der Waals surface area contributed by atoms with E-state index in [2.05, 4.69) is 41.5 Å². The van der Waals surface area contributed by atoms with E-state index in [1.165, 1.54) is 38.5 Å². The highest BCUT2D eigenvalue weighted by Gasteiger charge is 2.32. The van der Waals surface area contributed by atoms with Crippen LogP contribution < -0.4 is 0 Å². The summed E-state index contributed by atoms with van der Waals surface area (Å²) in [7, 11) is 0. The first-order valence-corrected chi connectivity index (χ1v) is 26.2. The Labute approximate surface area is 427 Å². The Balaban J connectivity index is -0.000000137. The highest BCUT2D eigenvalue weighted by molar-refractivity contribution is 5.68. The molecular weight excluding hydrogens is 929 g/mol. The highest BCUT2D eigenvalue weighted by Crippen LogP contribution is 2.20. The Morgan fingerprint density at radius 3 is 0.507 bits per heavy atom. The lowest BCUT2D eigenvalue weighted by atomic mass is 9.91. The van der Waals surface area contributed by atoms with Gasteiger partial charge in [0.1, 0.15) is 0 Å².